The minimum Gasteiger partial charge on any atom is -0.312 e. The molecule has 0 spiro atoms. The Morgan fingerprint density at radius 1 is 1.85 bits per heavy atom. The van der Waals surface area contributed by atoms with Crippen LogP contribution in [0.2, 0.25) is 0 Å². The highest BCUT2D eigenvalue weighted by atomic mass is 127. The Bertz CT molecular complexity index is 431. The maximum Gasteiger partial charge on any atom is 0.263 e. The van der Waals surface area contributed by atoms with Gasteiger partial charge in [0.25, 0.3) is 5.56 Å². The molecule has 0 bridgehead atoms. The molecule has 1 aromatic heterocycles. The number of aromatic nitrogens is 2. The molecule has 0 amide bonds. The minimum absolute atomic E-state index is 0.0828. The van der Waals surface area contributed by atoms with E-state index in [0.717, 1.165) is 0 Å². The maximum absolute atomic E-state index is 11.2. The summed E-state index contributed by atoms with van der Waals surface area (Å²) in [5.74, 6) is 2.38. The van der Waals surface area contributed by atoms with E-state index >= 15 is 0 Å². The van der Waals surface area contributed by atoms with Crippen LogP contribution in [0.25, 0.3) is 0 Å². The van der Waals surface area contributed by atoms with Gasteiger partial charge in [-0.3, -0.25) is 10.2 Å². The van der Waals surface area contributed by atoms with E-state index in [9.17, 15) is 4.79 Å². The second-order valence-corrected chi connectivity index (χ2v) is 2.61. The molecule has 0 aromatic carbocycles. The second-order valence-electron chi connectivity index (χ2n) is 2.07. The van der Waals surface area contributed by atoms with Gasteiger partial charge >= 0.3 is 0 Å². The van der Waals surface area contributed by atoms with Crippen molar-refractivity contribution in [2.75, 3.05) is 3.53 Å². The zero-order valence-electron chi connectivity index (χ0n) is 6.39. The largest absolute Gasteiger partial charge is 0.312 e. The van der Waals surface area contributed by atoms with Crippen molar-refractivity contribution in [3.8, 4) is 12.3 Å². The zero-order chi connectivity index (χ0) is 9.84. The van der Waals surface area contributed by atoms with Crippen LogP contribution in [-0.4, -0.2) is 15.7 Å². The highest BCUT2D eigenvalue weighted by molar-refractivity contribution is 14.1. The van der Waals surface area contributed by atoms with Crippen molar-refractivity contribution < 1.29 is 0 Å². The van der Waals surface area contributed by atoms with Gasteiger partial charge in [-0.2, -0.15) is 0 Å². The van der Waals surface area contributed by atoms with Crippen molar-refractivity contribution in [2.24, 2.45) is 0 Å². The first-order valence-electron chi connectivity index (χ1n) is 3.20. The highest BCUT2D eigenvalue weighted by Crippen LogP contribution is 2.08. The third kappa shape index (κ3) is 1.86. The van der Waals surface area contributed by atoms with Gasteiger partial charge in [-0.25, -0.2) is 4.98 Å². The highest BCUT2D eigenvalue weighted by Gasteiger charge is 2.10. The van der Waals surface area contributed by atoms with Crippen molar-refractivity contribution >= 4 is 34.4 Å². The van der Waals surface area contributed by atoms with Crippen LogP contribution >= 0.6 is 22.9 Å². The summed E-state index contributed by atoms with van der Waals surface area (Å²) in [6, 6.07) is 0. The van der Waals surface area contributed by atoms with Crippen LogP contribution in [0.5, 0.6) is 0 Å². The van der Waals surface area contributed by atoms with E-state index in [4.69, 9.17) is 11.8 Å². The topological polar surface area (TPSA) is 81.6 Å². The number of halogens is 1. The van der Waals surface area contributed by atoms with Gasteiger partial charge in [0.15, 0.2) is 5.82 Å². The monoisotopic (exact) mass is 288 g/mol. The standard InChI is InChI=1S/C7H5IN4O/c1-2-4(9)5-6(12-8)10-3-11-7(5)13/h1,3,9H,(H2,10,11,12,13). The van der Waals surface area contributed by atoms with Crippen molar-refractivity contribution in [3.05, 3.63) is 22.2 Å². The first-order valence-corrected chi connectivity index (χ1v) is 4.28. The van der Waals surface area contributed by atoms with Gasteiger partial charge in [0, 0.05) is 0 Å². The lowest BCUT2D eigenvalue weighted by Crippen LogP contribution is -2.19. The average molecular weight is 288 g/mol. The Kier molecular flexibility index (Phi) is 3.02. The number of hydrogen-bond acceptors (Lipinski definition) is 4. The number of aromatic amines is 1. The van der Waals surface area contributed by atoms with Gasteiger partial charge < -0.3 is 8.51 Å². The lowest BCUT2D eigenvalue weighted by Gasteiger charge is -2.01. The molecule has 0 atom stereocenters. The fraction of sp³-hybridized carbons (Fsp3) is 0. The quantitative estimate of drug-likeness (QED) is 0.321. The van der Waals surface area contributed by atoms with Crippen LogP contribution in [0.3, 0.4) is 0 Å². The molecule has 0 unspecified atom stereocenters. The van der Waals surface area contributed by atoms with Gasteiger partial charge in [0.1, 0.15) is 11.3 Å². The molecular weight excluding hydrogens is 283 g/mol. The van der Waals surface area contributed by atoms with E-state index in [1.807, 2.05) is 22.9 Å². The minimum atomic E-state index is -0.419. The van der Waals surface area contributed by atoms with Crippen LogP contribution in [0, 0.1) is 17.8 Å². The summed E-state index contributed by atoms with van der Waals surface area (Å²) < 4.78 is 2.65. The van der Waals surface area contributed by atoms with Gasteiger partial charge in [0.05, 0.1) is 29.2 Å². The molecule has 3 N–H and O–H groups in total. The van der Waals surface area contributed by atoms with E-state index < -0.39 is 5.56 Å². The molecule has 13 heavy (non-hydrogen) atoms. The van der Waals surface area contributed by atoms with Gasteiger partial charge in [-0.15, -0.1) is 6.42 Å². The maximum atomic E-state index is 11.2. The van der Waals surface area contributed by atoms with Gasteiger partial charge in [0.2, 0.25) is 0 Å². The van der Waals surface area contributed by atoms with Crippen molar-refractivity contribution in [3.63, 3.8) is 0 Å². The number of terminal acetylenes is 1. The Balaban J connectivity index is 3.42. The van der Waals surface area contributed by atoms with E-state index in [1.54, 1.807) is 0 Å². The van der Waals surface area contributed by atoms with Gasteiger partial charge in [-0.05, 0) is 0 Å². The van der Waals surface area contributed by atoms with Crippen molar-refractivity contribution in [2.45, 2.75) is 0 Å². The predicted octanol–water partition coefficient (Wildman–Crippen LogP) is 0.533. The molecule has 0 aliphatic rings. The first-order chi connectivity index (χ1) is 6.20. The number of nitrogens with zero attached hydrogens (tertiary/aromatic N) is 1. The fourth-order valence-corrected chi connectivity index (χ4v) is 1.18. The molecule has 6 heteroatoms. The lowest BCUT2D eigenvalue weighted by atomic mass is 10.2. The lowest BCUT2D eigenvalue weighted by molar-refractivity contribution is 1.12. The average Bonchev–Trinajstić information content (AvgIpc) is 2.16. The van der Waals surface area contributed by atoms with E-state index in [0.29, 0.717) is 5.82 Å². The van der Waals surface area contributed by atoms with Crippen LogP contribution in [0.1, 0.15) is 5.56 Å². The third-order valence-corrected chi connectivity index (χ3v) is 1.85. The second kappa shape index (κ2) is 4.04. The summed E-state index contributed by atoms with van der Waals surface area (Å²) in [4.78, 5) is 17.4. The Morgan fingerprint density at radius 2 is 2.54 bits per heavy atom. The predicted molar refractivity (Wildman–Crippen MR) is 58.2 cm³/mol. The van der Waals surface area contributed by atoms with E-state index in [2.05, 4.69) is 19.4 Å². The normalized spacial score (nSPS) is 8.92. The summed E-state index contributed by atoms with van der Waals surface area (Å²) >= 11 is 1.81. The molecule has 0 saturated carbocycles. The molecule has 1 rings (SSSR count). The summed E-state index contributed by atoms with van der Waals surface area (Å²) in [5.41, 5.74) is -0.523. The zero-order valence-corrected chi connectivity index (χ0v) is 8.55. The summed E-state index contributed by atoms with van der Waals surface area (Å²) in [5, 5.41) is 7.32. The van der Waals surface area contributed by atoms with E-state index in [1.165, 1.54) is 6.33 Å². The van der Waals surface area contributed by atoms with Crippen LogP contribution in [0.15, 0.2) is 11.1 Å². The molecule has 66 valence electrons. The molecule has 0 aliphatic heterocycles. The van der Waals surface area contributed by atoms with Crippen LogP contribution < -0.4 is 9.09 Å². The van der Waals surface area contributed by atoms with Crippen LogP contribution in [0.4, 0.5) is 5.82 Å². The summed E-state index contributed by atoms with van der Waals surface area (Å²) in [7, 11) is 0. The number of H-pyrrole nitrogens is 1. The summed E-state index contributed by atoms with van der Waals surface area (Å²) in [6.45, 7) is 0. The smallest absolute Gasteiger partial charge is 0.263 e. The fourth-order valence-electron chi connectivity index (χ4n) is 0.775. The molecule has 1 heterocycles. The van der Waals surface area contributed by atoms with Gasteiger partial charge in [-0.1, -0.05) is 5.92 Å². The molecule has 0 saturated heterocycles. The van der Waals surface area contributed by atoms with Crippen molar-refractivity contribution in [1.82, 2.24) is 9.97 Å². The third-order valence-electron chi connectivity index (χ3n) is 1.34. The molecule has 0 aliphatic carbocycles. The van der Waals surface area contributed by atoms with E-state index in [-0.39, 0.29) is 11.3 Å². The number of hydrogen-bond donors (Lipinski definition) is 3. The van der Waals surface area contributed by atoms with Crippen LogP contribution in [-0.2, 0) is 0 Å². The Labute approximate surface area is 88.0 Å². The molecule has 1 aromatic rings. The molecule has 5 nitrogen and oxygen atoms in total. The Morgan fingerprint density at radius 3 is 3.08 bits per heavy atom. The molecule has 0 fully saturated rings. The number of nitrogens with one attached hydrogen (secondary N) is 3. The Hall–Kier alpha value is -1.36. The summed E-state index contributed by atoms with van der Waals surface area (Å²) in [6.07, 6.45) is 6.26. The number of rotatable bonds is 2. The first kappa shape index (κ1) is 9.73. The molecular formula is C7H5IN4O. The molecule has 0 radical (unpaired) electrons. The number of anilines is 1. The SMILES string of the molecule is C#CC(=N)c1c(NI)nc[nH]c1=O. The van der Waals surface area contributed by atoms with Crippen molar-refractivity contribution in [1.29, 1.82) is 5.41 Å².